The van der Waals surface area contributed by atoms with Crippen molar-refractivity contribution >= 4 is 17.4 Å². The van der Waals surface area contributed by atoms with Gasteiger partial charge in [-0.3, -0.25) is 9.59 Å². The summed E-state index contributed by atoms with van der Waals surface area (Å²) >= 11 is 0. The van der Waals surface area contributed by atoms with Crippen LogP contribution in [0.3, 0.4) is 0 Å². The minimum atomic E-state index is -0.570. The molecule has 3 N–H and O–H groups in total. The molecule has 0 aliphatic heterocycles. The molecule has 0 aromatic heterocycles. The highest BCUT2D eigenvalue weighted by molar-refractivity contribution is 6.07. The molecule has 0 aliphatic rings. The Morgan fingerprint density at radius 3 is 2.50 bits per heavy atom. The summed E-state index contributed by atoms with van der Waals surface area (Å²) in [6.07, 6.45) is 0. The van der Waals surface area contributed by atoms with Gasteiger partial charge in [-0.2, -0.15) is 0 Å². The molecule has 0 spiro atoms. The van der Waals surface area contributed by atoms with Crippen LogP contribution in [0.1, 0.15) is 27.6 Å². The van der Waals surface area contributed by atoms with Crippen molar-refractivity contribution in [3.8, 4) is 11.5 Å². The van der Waals surface area contributed by atoms with E-state index in [4.69, 9.17) is 0 Å². The summed E-state index contributed by atoms with van der Waals surface area (Å²) in [5.74, 6) is -1.03. The van der Waals surface area contributed by atoms with E-state index in [-0.39, 0.29) is 22.8 Å². The first-order chi connectivity index (χ1) is 9.47. The fourth-order valence-corrected chi connectivity index (χ4v) is 1.72. The van der Waals surface area contributed by atoms with E-state index in [2.05, 4.69) is 5.32 Å². The van der Waals surface area contributed by atoms with E-state index in [1.165, 1.54) is 25.1 Å². The second-order valence-electron chi connectivity index (χ2n) is 4.29. The van der Waals surface area contributed by atoms with Crippen LogP contribution < -0.4 is 5.32 Å². The number of amides is 1. The summed E-state index contributed by atoms with van der Waals surface area (Å²) in [5.41, 5.74) is 0.867. The summed E-state index contributed by atoms with van der Waals surface area (Å²) in [6.45, 7) is 1.43. The van der Waals surface area contributed by atoms with Gasteiger partial charge in [0.1, 0.15) is 11.5 Å². The first kappa shape index (κ1) is 13.6. The molecule has 102 valence electrons. The summed E-state index contributed by atoms with van der Waals surface area (Å²) in [6, 6.07) is 10.1. The Morgan fingerprint density at radius 2 is 1.80 bits per heavy atom. The third-order valence-electron chi connectivity index (χ3n) is 2.75. The number of carbonyl (C=O) groups is 2. The number of ketones is 1. The molecule has 0 fully saturated rings. The molecule has 0 radical (unpaired) electrons. The van der Waals surface area contributed by atoms with Crippen molar-refractivity contribution in [2.45, 2.75) is 6.92 Å². The number of anilines is 1. The first-order valence-corrected chi connectivity index (χ1v) is 5.91. The lowest BCUT2D eigenvalue weighted by atomic mass is 10.1. The van der Waals surface area contributed by atoms with Gasteiger partial charge in [0.05, 0.1) is 5.56 Å². The predicted molar refractivity (Wildman–Crippen MR) is 74.2 cm³/mol. The lowest BCUT2D eigenvalue weighted by Gasteiger charge is -2.08. The Hall–Kier alpha value is -2.82. The molecule has 2 aromatic carbocycles. The van der Waals surface area contributed by atoms with Crippen LogP contribution in [-0.2, 0) is 0 Å². The molecule has 5 heteroatoms. The Labute approximate surface area is 115 Å². The molecule has 5 nitrogen and oxygen atoms in total. The summed E-state index contributed by atoms with van der Waals surface area (Å²) in [4.78, 5) is 23.3. The molecule has 0 atom stereocenters. The lowest BCUT2D eigenvalue weighted by molar-refractivity contribution is 0.101. The van der Waals surface area contributed by atoms with E-state index in [0.29, 0.717) is 11.3 Å². The first-order valence-electron chi connectivity index (χ1n) is 5.91. The number of nitrogens with one attached hydrogen (secondary N) is 1. The fraction of sp³-hybridized carbons (Fsp3) is 0.0667. The lowest BCUT2D eigenvalue weighted by Crippen LogP contribution is -2.12. The number of phenolic OH excluding ortho intramolecular Hbond substituents is 2. The summed E-state index contributed by atoms with van der Waals surface area (Å²) in [5, 5.41) is 21.5. The van der Waals surface area contributed by atoms with Crippen molar-refractivity contribution in [1.29, 1.82) is 0 Å². The van der Waals surface area contributed by atoms with Gasteiger partial charge < -0.3 is 15.5 Å². The third-order valence-corrected chi connectivity index (χ3v) is 2.75. The SMILES string of the molecule is CC(=O)c1cccc(NC(=O)c2cc(O)ccc2O)c1. The maximum absolute atomic E-state index is 12.0. The maximum atomic E-state index is 12.0. The molecule has 20 heavy (non-hydrogen) atoms. The van der Waals surface area contributed by atoms with Crippen molar-refractivity contribution in [2.75, 3.05) is 5.32 Å². The van der Waals surface area contributed by atoms with Crippen LogP contribution >= 0.6 is 0 Å². The molecule has 2 rings (SSSR count). The monoisotopic (exact) mass is 271 g/mol. The highest BCUT2D eigenvalue weighted by Gasteiger charge is 2.12. The van der Waals surface area contributed by atoms with E-state index in [1.54, 1.807) is 24.3 Å². The number of hydrogen-bond donors (Lipinski definition) is 3. The topological polar surface area (TPSA) is 86.6 Å². The van der Waals surface area contributed by atoms with Crippen LogP contribution in [0.15, 0.2) is 42.5 Å². The van der Waals surface area contributed by atoms with Gasteiger partial charge in [-0.25, -0.2) is 0 Å². The second kappa shape index (κ2) is 5.44. The molecule has 0 bridgehead atoms. The molecule has 0 saturated heterocycles. The Balaban J connectivity index is 2.25. The summed E-state index contributed by atoms with van der Waals surface area (Å²) in [7, 11) is 0. The van der Waals surface area contributed by atoms with Gasteiger partial charge in [0, 0.05) is 11.3 Å². The summed E-state index contributed by atoms with van der Waals surface area (Å²) < 4.78 is 0. The van der Waals surface area contributed by atoms with Crippen LogP contribution in [0.25, 0.3) is 0 Å². The average Bonchev–Trinajstić information content (AvgIpc) is 2.41. The van der Waals surface area contributed by atoms with Gasteiger partial charge in [-0.1, -0.05) is 12.1 Å². The van der Waals surface area contributed by atoms with Crippen molar-refractivity contribution in [3.63, 3.8) is 0 Å². The molecule has 1 amide bonds. The van der Waals surface area contributed by atoms with E-state index in [1.807, 2.05) is 0 Å². The van der Waals surface area contributed by atoms with Crippen molar-refractivity contribution in [1.82, 2.24) is 0 Å². The molecule has 0 unspecified atom stereocenters. The third kappa shape index (κ3) is 2.95. The van der Waals surface area contributed by atoms with Gasteiger partial charge >= 0.3 is 0 Å². The number of rotatable bonds is 3. The average molecular weight is 271 g/mol. The zero-order valence-corrected chi connectivity index (χ0v) is 10.8. The standard InChI is InChI=1S/C15H13NO4/c1-9(17)10-3-2-4-11(7-10)16-15(20)13-8-12(18)5-6-14(13)19/h2-8,18-19H,1H3,(H,16,20). The highest BCUT2D eigenvalue weighted by Crippen LogP contribution is 2.23. The largest absolute Gasteiger partial charge is 0.508 e. The zero-order chi connectivity index (χ0) is 14.7. The van der Waals surface area contributed by atoms with Crippen LogP contribution in [0.4, 0.5) is 5.69 Å². The molecule has 0 heterocycles. The van der Waals surface area contributed by atoms with E-state index >= 15 is 0 Å². The van der Waals surface area contributed by atoms with Gasteiger partial charge in [-0.05, 0) is 37.3 Å². The van der Waals surface area contributed by atoms with Gasteiger partial charge in [0.25, 0.3) is 5.91 Å². The predicted octanol–water partition coefficient (Wildman–Crippen LogP) is 2.55. The van der Waals surface area contributed by atoms with E-state index in [9.17, 15) is 19.8 Å². The van der Waals surface area contributed by atoms with Crippen LogP contribution in [0, 0.1) is 0 Å². The maximum Gasteiger partial charge on any atom is 0.259 e. The Morgan fingerprint density at radius 1 is 1.05 bits per heavy atom. The normalized spacial score (nSPS) is 10.1. The zero-order valence-electron chi connectivity index (χ0n) is 10.8. The molecule has 0 saturated carbocycles. The highest BCUT2D eigenvalue weighted by atomic mass is 16.3. The minimum absolute atomic E-state index is 0.0433. The Bertz CT molecular complexity index is 679. The minimum Gasteiger partial charge on any atom is -0.508 e. The molecular formula is C15H13NO4. The van der Waals surface area contributed by atoms with Crippen molar-refractivity contribution < 1.29 is 19.8 Å². The number of Topliss-reactive ketones (excluding diaryl/α,β-unsaturated/α-hetero) is 1. The van der Waals surface area contributed by atoms with Gasteiger partial charge in [0.15, 0.2) is 5.78 Å². The fourth-order valence-electron chi connectivity index (χ4n) is 1.72. The number of hydrogen-bond acceptors (Lipinski definition) is 4. The second-order valence-corrected chi connectivity index (χ2v) is 4.29. The van der Waals surface area contributed by atoms with E-state index < -0.39 is 5.91 Å². The smallest absolute Gasteiger partial charge is 0.259 e. The molecular weight excluding hydrogens is 258 g/mol. The quantitative estimate of drug-likeness (QED) is 0.591. The van der Waals surface area contributed by atoms with Crippen molar-refractivity contribution in [2.24, 2.45) is 0 Å². The molecule has 0 aliphatic carbocycles. The Kier molecular flexibility index (Phi) is 3.70. The van der Waals surface area contributed by atoms with Crippen molar-refractivity contribution in [3.05, 3.63) is 53.6 Å². The number of phenols is 2. The van der Waals surface area contributed by atoms with Crippen LogP contribution in [0.5, 0.6) is 11.5 Å². The number of aromatic hydroxyl groups is 2. The van der Waals surface area contributed by atoms with E-state index in [0.717, 1.165) is 0 Å². The number of benzene rings is 2. The van der Waals surface area contributed by atoms with Crippen LogP contribution in [0.2, 0.25) is 0 Å². The molecule has 2 aromatic rings. The van der Waals surface area contributed by atoms with Gasteiger partial charge in [-0.15, -0.1) is 0 Å². The van der Waals surface area contributed by atoms with Gasteiger partial charge in [0.2, 0.25) is 0 Å². The van der Waals surface area contributed by atoms with Crippen LogP contribution in [-0.4, -0.2) is 21.9 Å². The number of carbonyl (C=O) groups excluding carboxylic acids is 2.